The minimum Gasteiger partial charge on any atom is -0.481 e. The molecule has 0 aliphatic heterocycles. The number of unbranched alkanes of at least 4 members (excludes halogenated alkanes) is 2. The van der Waals surface area contributed by atoms with Crippen molar-refractivity contribution in [1.82, 2.24) is 0 Å². The summed E-state index contributed by atoms with van der Waals surface area (Å²) in [7, 11) is 0. The molecule has 2 unspecified atom stereocenters. The molecule has 1 saturated carbocycles. The molecule has 124 valence electrons. The van der Waals surface area contributed by atoms with E-state index in [-0.39, 0.29) is 24.0 Å². The van der Waals surface area contributed by atoms with E-state index in [0.29, 0.717) is 6.42 Å². The second-order valence-corrected chi connectivity index (χ2v) is 7.17. The Balaban J connectivity index is 2.16. The van der Waals surface area contributed by atoms with Crippen LogP contribution < -0.4 is 0 Å². The SMILES string of the molecule is CCCCCC1C(=O)/C(=C\c2ccc(Br)cc2)CC1CC(=O)O. The molecule has 0 bridgehead atoms. The van der Waals surface area contributed by atoms with Crippen molar-refractivity contribution in [1.29, 1.82) is 0 Å². The molecular weight excluding hydrogens is 356 g/mol. The van der Waals surface area contributed by atoms with Crippen LogP contribution in [0.5, 0.6) is 0 Å². The highest BCUT2D eigenvalue weighted by Crippen LogP contribution is 2.39. The zero-order valence-electron chi connectivity index (χ0n) is 13.4. The number of ketones is 1. The van der Waals surface area contributed by atoms with Crippen molar-refractivity contribution in [3.8, 4) is 0 Å². The summed E-state index contributed by atoms with van der Waals surface area (Å²) in [6, 6.07) is 7.81. The molecule has 0 radical (unpaired) electrons. The molecule has 4 heteroatoms. The fourth-order valence-electron chi connectivity index (χ4n) is 3.29. The predicted molar refractivity (Wildman–Crippen MR) is 95.1 cm³/mol. The Morgan fingerprint density at radius 2 is 2.00 bits per heavy atom. The minimum atomic E-state index is -0.812. The maximum Gasteiger partial charge on any atom is 0.303 e. The third kappa shape index (κ3) is 5.03. The number of benzene rings is 1. The van der Waals surface area contributed by atoms with E-state index in [1.165, 1.54) is 0 Å². The molecule has 0 amide bonds. The number of allylic oxidation sites excluding steroid dienone is 1. The van der Waals surface area contributed by atoms with Crippen molar-refractivity contribution in [2.24, 2.45) is 11.8 Å². The molecule has 0 spiro atoms. The van der Waals surface area contributed by atoms with Crippen molar-refractivity contribution < 1.29 is 14.7 Å². The second kappa shape index (κ2) is 8.44. The van der Waals surface area contributed by atoms with Crippen LogP contribution in [0.3, 0.4) is 0 Å². The second-order valence-electron chi connectivity index (χ2n) is 6.25. The van der Waals surface area contributed by atoms with Crippen LogP contribution in [0.2, 0.25) is 0 Å². The Morgan fingerprint density at radius 1 is 1.30 bits per heavy atom. The van der Waals surface area contributed by atoms with Crippen molar-refractivity contribution in [2.75, 3.05) is 0 Å². The van der Waals surface area contributed by atoms with E-state index < -0.39 is 5.97 Å². The van der Waals surface area contributed by atoms with E-state index in [9.17, 15) is 9.59 Å². The number of rotatable bonds is 7. The molecule has 1 aromatic carbocycles. The summed E-state index contributed by atoms with van der Waals surface area (Å²) >= 11 is 3.40. The van der Waals surface area contributed by atoms with Crippen LogP contribution in [0.4, 0.5) is 0 Å². The number of carbonyl (C=O) groups excluding carboxylic acids is 1. The normalized spacial score (nSPS) is 22.7. The highest BCUT2D eigenvalue weighted by molar-refractivity contribution is 9.10. The number of carboxylic acid groups (broad SMARTS) is 1. The third-order valence-electron chi connectivity index (χ3n) is 4.47. The molecule has 3 nitrogen and oxygen atoms in total. The highest BCUT2D eigenvalue weighted by Gasteiger charge is 2.38. The number of aliphatic carboxylic acids is 1. The first-order chi connectivity index (χ1) is 11.0. The summed E-state index contributed by atoms with van der Waals surface area (Å²) in [5, 5.41) is 9.12. The molecule has 0 heterocycles. The summed E-state index contributed by atoms with van der Waals surface area (Å²) in [5.74, 6) is -0.846. The van der Waals surface area contributed by atoms with Gasteiger partial charge in [-0.1, -0.05) is 54.2 Å². The molecule has 1 fully saturated rings. The molecule has 1 aliphatic rings. The zero-order valence-corrected chi connectivity index (χ0v) is 15.0. The van der Waals surface area contributed by atoms with Gasteiger partial charge in [-0.25, -0.2) is 0 Å². The maximum atomic E-state index is 12.7. The molecule has 1 aromatic rings. The van der Waals surface area contributed by atoms with Gasteiger partial charge in [-0.3, -0.25) is 9.59 Å². The van der Waals surface area contributed by atoms with Gasteiger partial charge >= 0.3 is 5.97 Å². The van der Waals surface area contributed by atoms with Gasteiger partial charge in [-0.2, -0.15) is 0 Å². The van der Waals surface area contributed by atoms with E-state index in [1.54, 1.807) is 0 Å². The Kier molecular flexibility index (Phi) is 6.58. The number of halogens is 1. The van der Waals surface area contributed by atoms with Crippen LogP contribution >= 0.6 is 15.9 Å². The number of hydrogen-bond donors (Lipinski definition) is 1. The lowest BCUT2D eigenvalue weighted by Gasteiger charge is -2.15. The summed E-state index contributed by atoms with van der Waals surface area (Å²) in [4.78, 5) is 23.8. The first-order valence-electron chi connectivity index (χ1n) is 8.23. The standard InChI is InChI=1S/C19H23BrO3/c1-2-3-4-5-17-14(12-18(21)22)11-15(19(17)23)10-13-6-8-16(20)9-7-13/h6-10,14,17H,2-5,11-12H2,1H3,(H,21,22)/b15-10-. The molecule has 0 saturated heterocycles. The summed E-state index contributed by atoms with van der Waals surface area (Å²) in [5.41, 5.74) is 1.76. The highest BCUT2D eigenvalue weighted by atomic mass is 79.9. The van der Waals surface area contributed by atoms with Crippen LogP contribution in [0.15, 0.2) is 34.3 Å². The molecule has 23 heavy (non-hydrogen) atoms. The van der Waals surface area contributed by atoms with Gasteiger partial charge in [0.2, 0.25) is 0 Å². The van der Waals surface area contributed by atoms with Crippen LogP contribution in [-0.2, 0) is 9.59 Å². The van der Waals surface area contributed by atoms with Gasteiger partial charge in [-0.15, -0.1) is 0 Å². The lowest BCUT2D eigenvalue weighted by Crippen LogP contribution is -2.18. The van der Waals surface area contributed by atoms with Crippen LogP contribution in [-0.4, -0.2) is 16.9 Å². The molecular formula is C19H23BrO3. The molecule has 1 N–H and O–H groups in total. The van der Waals surface area contributed by atoms with Gasteiger partial charge in [0, 0.05) is 16.8 Å². The van der Waals surface area contributed by atoms with Gasteiger partial charge in [0.25, 0.3) is 0 Å². The van der Waals surface area contributed by atoms with Crippen molar-refractivity contribution in [3.63, 3.8) is 0 Å². The smallest absolute Gasteiger partial charge is 0.303 e. The van der Waals surface area contributed by atoms with Crippen LogP contribution in [0.25, 0.3) is 6.08 Å². The average molecular weight is 379 g/mol. The van der Waals surface area contributed by atoms with E-state index in [1.807, 2.05) is 30.3 Å². The molecule has 2 rings (SSSR count). The number of carbonyl (C=O) groups is 2. The van der Waals surface area contributed by atoms with Crippen molar-refractivity contribution in [3.05, 3.63) is 39.9 Å². The zero-order chi connectivity index (χ0) is 16.8. The van der Waals surface area contributed by atoms with E-state index in [2.05, 4.69) is 22.9 Å². The lowest BCUT2D eigenvalue weighted by molar-refractivity contribution is -0.138. The van der Waals surface area contributed by atoms with E-state index >= 15 is 0 Å². The monoisotopic (exact) mass is 378 g/mol. The Bertz CT molecular complexity index is 589. The summed E-state index contributed by atoms with van der Waals surface area (Å²) in [6.07, 6.45) is 6.58. The topological polar surface area (TPSA) is 54.4 Å². The average Bonchev–Trinajstić information content (AvgIpc) is 2.78. The summed E-state index contributed by atoms with van der Waals surface area (Å²) in [6.45, 7) is 2.13. The number of hydrogen-bond acceptors (Lipinski definition) is 2. The van der Waals surface area contributed by atoms with Crippen molar-refractivity contribution in [2.45, 2.75) is 45.4 Å². The Hall–Kier alpha value is -1.42. The fourth-order valence-corrected chi connectivity index (χ4v) is 3.55. The Labute approximate surface area is 145 Å². The van der Waals surface area contributed by atoms with Gasteiger partial charge < -0.3 is 5.11 Å². The van der Waals surface area contributed by atoms with Crippen LogP contribution in [0.1, 0.15) is 51.0 Å². The maximum absolute atomic E-state index is 12.7. The van der Waals surface area contributed by atoms with Gasteiger partial charge in [0.1, 0.15) is 0 Å². The Morgan fingerprint density at radius 3 is 2.61 bits per heavy atom. The van der Waals surface area contributed by atoms with Crippen molar-refractivity contribution >= 4 is 33.8 Å². The minimum absolute atomic E-state index is 0.0569. The number of carboxylic acids is 1. The van der Waals surface area contributed by atoms with Crippen LogP contribution in [0, 0.1) is 11.8 Å². The van der Waals surface area contributed by atoms with Gasteiger partial charge in [-0.05, 0) is 48.1 Å². The number of Topliss-reactive ketones (excluding diaryl/α,β-unsaturated/α-hetero) is 1. The lowest BCUT2D eigenvalue weighted by atomic mass is 9.88. The largest absolute Gasteiger partial charge is 0.481 e. The van der Waals surface area contributed by atoms with Gasteiger partial charge in [0.05, 0.1) is 0 Å². The predicted octanol–water partition coefficient (Wildman–Crippen LogP) is 5.09. The van der Waals surface area contributed by atoms with E-state index in [4.69, 9.17) is 5.11 Å². The molecule has 2 atom stereocenters. The first kappa shape index (κ1) is 17.9. The molecule has 1 aliphatic carbocycles. The van der Waals surface area contributed by atoms with Gasteiger partial charge in [0.15, 0.2) is 5.78 Å². The van der Waals surface area contributed by atoms with E-state index in [0.717, 1.165) is 41.3 Å². The quantitative estimate of drug-likeness (QED) is 0.530. The fraction of sp³-hybridized carbons (Fsp3) is 0.474. The molecule has 0 aromatic heterocycles. The summed E-state index contributed by atoms with van der Waals surface area (Å²) < 4.78 is 0.999. The third-order valence-corrected chi connectivity index (χ3v) is 5.00. The first-order valence-corrected chi connectivity index (χ1v) is 9.02.